The molecule has 156 valence electrons. The van der Waals surface area contributed by atoms with E-state index in [4.69, 9.17) is 5.10 Å². The van der Waals surface area contributed by atoms with Crippen LogP contribution in [0.1, 0.15) is 16.7 Å². The Morgan fingerprint density at radius 3 is 1.53 bits per heavy atom. The van der Waals surface area contributed by atoms with Gasteiger partial charge in [-0.15, -0.1) is 0 Å². The number of hydrogen-bond acceptors (Lipinski definition) is 1. The summed E-state index contributed by atoms with van der Waals surface area (Å²) in [6.45, 7) is 0. The maximum atomic E-state index is 13.9. The van der Waals surface area contributed by atoms with E-state index in [1.165, 1.54) is 6.07 Å². The summed E-state index contributed by atoms with van der Waals surface area (Å²) in [5.41, 5.74) is 3.45. The van der Waals surface area contributed by atoms with Crippen LogP contribution >= 0.6 is 0 Å². The molecule has 0 aliphatic rings. The molecule has 0 amide bonds. The average Bonchev–Trinajstić information content (AvgIpc) is 3.34. The smallest absolute Gasteiger partial charge is 0.159 e. The van der Waals surface area contributed by atoms with Gasteiger partial charge in [0.1, 0.15) is 5.54 Å². The molecule has 0 saturated carbocycles. The third-order valence-electron chi connectivity index (χ3n) is 5.72. The first-order chi connectivity index (χ1) is 15.7. The molecule has 0 aliphatic heterocycles. The zero-order valence-electron chi connectivity index (χ0n) is 17.2. The molecule has 5 rings (SSSR count). The van der Waals surface area contributed by atoms with E-state index in [1.807, 2.05) is 71.5 Å². The molecule has 4 heteroatoms. The minimum absolute atomic E-state index is 0.519. The lowest BCUT2D eigenvalue weighted by Gasteiger charge is -2.36. The van der Waals surface area contributed by atoms with Crippen molar-refractivity contribution in [1.29, 1.82) is 0 Å². The van der Waals surface area contributed by atoms with Gasteiger partial charge in [-0.2, -0.15) is 5.10 Å². The van der Waals surface area contributed by atoms with E-state index in [0.717, 1.165) is 22.8 Å². The first-order valence-corrected chi connectivity index (χ1v) is 10.4. The highest BCUT2D eigenvalue weighted by molar-refractivity contribution is 5.59. The first kappa shape index (κ1) is 19.9. The summed E-state index contributed by atoms with van der Waals surface area (Å²) in [7, 11) is 0. The van der Waals surface area contributed by atoms with Crippen LogP contribution in [0.2, 0.25) is 0 Å². The lowest BCUT2D eigenvalue weighted by molar-refractivity contribution is 0.461. The maximum Gasteiger partial charge on any atom is 0.159 e. The number of rotatable bonds is 5. The van der Waals surface area contributed by atoms with Gasteiger partial charge in [-0.3, -0.25) is 4.68 Å². The molecule has 0 bridgehead atoms. The van der Waals surface area contributed by atoms with Crippen molar-refractivity contribution in [2.24, 2.45) is 0 Å². The van der Waals surface area contributed by atoms with Gasteiger partial charge in [-0.25, -0.2) is 8.78 Å². The Balaban J connectivity index is 1.79. The Morgan fingerprint density at radius 1 is 0.562 bits per heavy atom. The van der Waals surface area contributed by atoms with Gasteiger partial charge in [0, 0.05) is 11.8 Å². The molecule has 4 aromatic carbocycles. The second-order valence-electron chi connectivity index (χ2n) is 7.58. The average molecular weight is 422 g/mol. The van der Waals surface area contributed by atoms with Gasteiger partial charge in [0.2, 0.25) is 0 Å². The van der Waals surface area contributed by atoms with Crippen molar-refractivity contribution in [1.82, 2.24) is 9.78 Å². The maximum absolute atomic E-state index is 13.9. The highest BCUT2D eigenvalue weighted by atomic mass is 19.2. The Hall–Kier alpha value is -4.05. The van der Waals surface area contributed by atoms with Gasteiger partial charge >= 0.3 is 0 Å². The van der Waals surface area contributed by atoms with Gasteiger partial charge < -0.3 is 0 Å². The van der Waals surface area contributed by atoms with E-state index < -0.39 is 17.2 Å². The lowest BCUT2D eigenvalue weighted by atomic mass is 9.77. The first-order valence-electron chi connectivity index (χ1n) is 10.4. The molecule has 1 aromatic heterocycles. The summed E-state index contributed by atoms with van der Waals surface area (Å²) < 4.78 is 29.3. The zero-order valence-corrected chi connectivity index (χ0v) is 17.2. The standard InChI is InChI=1S/C28H20F2N2/c29-25-17-16-21(20-26(25)30)27-18-19-32(31-27)28(22-10-4-1-5-11-22,23-12-6-2-7-13-23)24-14-8-3-9-15-24/h1-20H. The molecule has 0 spiro atoms. The molecule has 2 nitrogen and oxygen atoms in total. The molecular weight excluding hydrogens is 402 g/mol. The fourth-order valence-electron chi connectivity index (χ4n) is 4.26. The number of halogens is 2. The molecule has 0 aliphatic carbocycles. The minimum atomic E-state index is -0.891. The molecule has 0 N–H and O–H groups in total. The quantitative estimate of drug-likeness (QED) is 0.289. The second-order valence-corrected chi connectivity index (χ2v) is 7.58. The van der Waals surface area contributed by atoms with E-state index in [9.17, 15) is 8.78 Å². The lowest BCUT2D eigenvalue weighted by Crippen LogP contribution is -2.38. The van der Waals surface area contributed by atoms with E-state index in [-0.39, 0.29) is 0 Å². The summed E-state index contributed by atoms with van der Waals surface area (Å²) in [6.07, 6.45) is 1.89. The number of nitrogens with zero attached hydrogens (tertiary/aromatic N) is 2. The molecule has 32 heavy (non-hydrogen) atoms. The summed E-state index contributed by atoms with van der Waals surface area (Å²) in [6, 6.07) is 36.2. The number of aromatic nitrogens is 2. The summed E-state index contributed by atoms with van der Waals surface area (Å²) >= 11 is 0. The molecule has 0 unspecified atom stereocenters. The van der Waals surface area contributed by atoms with Gasteiger partial charge in [0.15, 0.2) is 11.6 Å². The van der Waals surface area contributed by atoms with E-state index in [0.29, 0.717) is 11.3 Å². The predicted molar refractivity (Wildman–Crippen MR) is 122 cm³/mol. The predicted octanol–water partition coefficient (Wildman–Crippen LogP) is 6.67. The highest BCUT2D eigenvalue weighted by Crippen LogP contribution is 2.40. The van der Waals surface area contributed by atoms with Crippen molar-refractivity contribution in [3.8, 4) is 11.3 Å². The van der Waals surface area contributed by atoms with E-state index in [1.54, 1.807) is 6.07 Å². The SMILES string of the molecule is Fc1ccc(-c2ccn(C(c3ccccc3)(c3ccccc3)c3ccccc3)n2)cc1F. The van der Waals surface area contributed by atoms with E-state index >= 15 is 0 Å². The van der Waals surface area contributed by atoms with Gasteiger partial charge in [0.25, 0.3) is 0 Å². The Bertz CT molecular complexity index is 1230. The fraction of sp³-hybridized carbons (Fsp3) is 0.0357. The summed E-state index contributed by atoms with van der Waals surface area (Å²) in [5, 5.41) is 4.88. The van der Waals surface area contributed by atoms with Gasteiger partial charge in [-0.1, -0.05) is 91.0 Å². The summed E-state index contributed by atoms with van der Waals surface area (Å²) in [4.78, 5) is 0. The molecule has 0 saturated heterocycles. The third kappa shape index (κ3) is 3.30. The Morgan fingerprint density at radius 2 is 1.06 bits per heavy atom. The number of hydrogen-bond donors (Lipinski definition) is 0. The number of benzene rings is 4. The van der Waals surface area contributed by atoms with Crippen molar-refractivity contribution in [2.45, 2.75) is 5.54 Å². The highest BCUT2D eigenvalue weighted by Gasteiger charge is 2.39. The van der Waals surface area contributed by atoms with Crippen molar-refractivity contribution >= 4 is 0 Å². The van der Waals surface area contributed by atoms with Crippen LogP contribution in [0.3, 0.4) is 0 Å². The monoisotopic (exact) mass is 422 g/mol. The molecule has 1 heterocycles. The second kappa shape index (κ2) is 8.23. The van der Waals surface area contributed by atoms with Crippen molar-refractivity contribution in [3.05, 3.63) is 150 Å². The van der Waals surface area contributed by atoms with Crippen molar-refractivity contribution < 1.29 is 8.78 Å². The third-order valence-corrected chi connectivity index (χ3v) is 5.72. The fourth-order valence-corrected chi connectivity index (χ4v) is 4.26. The zero-order chi connectivity index (χ0) is 22.0. The summed E-state index contributed by atoms with van der Waals surface area (Å²) in [5.74, 6) is -1.77. The van der Waals surface area contributed by atoms with Crippen LogP contribution < -0.4 is 0 Å². The molecular formula is C28H20F2N2. The van der Waals surface area contributed by atoms with Gasteiger partial charge in [-0.05, 0) is 41.0 Å². The van der Waals surface area contributed by atoms with Crippen molar-refractivity contribution in [3.63, 3.8) is 0 Å². The van der Waals surface area contributed by atoms with Gasteiger partial charge in [0.05, 0.1) is 5.69 Å². The van der Waals surface area contributed by atoms with Crippen LogP contribution in [0, 0.1) is 11.6 Å². The van der Waals surface area contributed by atoms with Crippen LogP contribution in [0.5, 0.6) is 0 Å². The topological polar surface area (TPSA) is 17.8 Å². The molecule has 0 atom stereocenters. The Labute approximate surface area is 185 Å². The largest absolute Gasteiger partial charge is 0.253 e. The molecule has 0 radical (unpaired) electrons. The Kier molecular flexibility index (Phi) is 5.12. The van der Waals surface area contributed by atoms with Crippen LogP contribution in [0.4, 0.5) is 8.78 Å². The minimum Gasteiger partial charge on any atom is -0.253 e. The normalized spacial score (nSPS) is 11.4. The van der Waals surface area contributed by atoms with Crippen LogP contribution in [0.25, 0.3) is 11.3 Å². The van der Waals surface area contributed by atoms with Crippen LogP contribution in [-0.2, 0) is 5.54 Å². The van der Waals surface area contributed by atoms with E-state index in [2.05, 4.69) is 36.4 Å². The van der Waals surface area contributed by atoms with Crippen molar-refractivity contribution in [2.75, 3.05) is 0 Å². The van der Waals surface area contributed by atoms with Crippen LogP contribution in [0.15, 0.2) is 121 Å². The molecule has 5 aromatic rings. The van der Waals surface area contributed by atoms with Crippen LogP contribution in [-0.4, -0.2) is 9.78 Å². The molecule has 0 fully saturated rings.